The molecule has 3 aliphatic heterocycles. The van der Waals surface area contributed by atoms with Gasteiger partial charge in [0, 0.05) is 57.9 Å². The fourth-order valence-electron chi connectivity index (χ4n) is 14.0. The minimum atomic E-state index is -2.01. The number of carbonyl (C=O) groups excluding carboxylic acids is 2. The predicted octanol–water partition coefficient (Wildman–Crippen LogP) is 5.10. The third-order valence-corrected chi connectivity index (χ3v) is 18.4. The van der Waals surface area contributed by atoms with Crippen molar-refractivity contribution < 1.29 is 82.5 Å². The van der Waals surface area contributed by atoms with E-state index in [4.69, 9.17) is 47.4 Å². The van der Waals surface area contributed by atoms with E-state index in [1.54, 1.807) is 53.2 Å². The zero-order valence-electron chi connectivity index (χ0n) is 43.8. The summed E-state index contributed by atoms with van der Waals surface area (Å²) in [7, 11) is 3.15. The van der Waals surface area contributed by atoms with Crippen LogP contribution in [0.2, 0.25) is 0 Å². The molecule has 408 valence electrons. The molecule has 3 saturated heterocycles. The maximum absolute atomic E-state index is 13.9. The summed E-state index contributed by atoms with van der Waals surface area (Å²) < 4.78 is 61.7. The number of benzene rings is 1. The summed E-state index contributed by atoms with van der Waals surface area (Å²) in [6.45, 7) is 10.8. The van der Waals surface area contributed by atoms with Gasteiger partial charge in [0.2, 0.25) is 0 Å². The first-order valence-corrected chi connectivity index (χ1v) is 26.4. The van der Waals surface area contributed by atoms with E-state index in [1.165, 1.54) is 18.5 Å². The molecular weight excluding hydrogens is 959 g/mol. The van der Waals surface area contributed by atoms with Crippen molar-refractivity contribution in [3.63, 3.8) is 0 Å². The Morgan fingerprint density at radius 1 is 0.797 bits per heavy atom. The van der Waals surface area contributed by atoms with Gasteiger partial charge in [-0.1, -0.05) is 55.8 Å². The zero-order chi connectivity index (χ0) is 53.0. The molecule has 3 saturated carbocycles. The molecule has 74 heavy (non-hydrogen) atoms. The summed E-state index contributed by atoms with van der Waals surface area (Å²) in [6.07, 6.45) is 0.191. The van der Waals surface area contributed by atoms with Gasteiger partial charge in [0.25, 0.3) is 0 Å². The average Bonchev–Trinajstić information content (AvgIpc) is 3.61. The second-order valence-corrected chi connectivity index (χ2v) is 22.3. The van der Waals surface area contributed by atoms with E-state index in [2.05, 4.69) is 11.9 Å². The first-order chi connectivity index (χ1) is 35.2. The lowest BCUT2D eigenvalue weighted by Crippen LogP contribution is -2.78. The number of carbonyl (C=O) groups is 2. The first-order valence-electron chi connectivity index (χ1n) is 26.4. The van der Waals surface area contributed by atoms with Crippen molar-refractivity contribution in [3.8, 4) is 0 Å². The van der Waals surface area contributed by atoms with Crippen molar-refractivity contribution >= 4 is 18.0 Å². The molecule has 18 nitrogen and oxygen atoms in total. The number of ether oxygens (including phenoxy) is 10. The molecule has 2 aromatic rings. The SMILES string of the molecule is CO[C@@H]1C[C@H](O[C@@H]2[C@@H](C)O[C@@H](O[C@H]3[C@@H](O)C[C@H](O[C@H]4CC[C@@]5(C)C(=CC[C@]6(O)[C@@H]5C[C@@H](OC(=O)/C=C/c5ccccc5)[C@@]5(C)[C@]6(O)CC[C@@]5(O)[C@H](C)OC(=O)c5cccnc5)C4)O[C@@H]3C)C[C@H]2OC)O[C@H](C)[C@H]1O. The van der Waals surface area contributed by atoms with Gasteiger partial charge in [-0.05, 0) is 102 Å². The van der Waals surface area contributed by atoms with E-state index in [9.17, 15) is 35.1 Å². The normalized spacial score (nSPS) is 44.6. The van der Waals surface area contributed by atoms with Gasteiger partial charge >= 0.3 is 11.9 Å². The average molecular weight is 1040 g/mol. The Balaban J connectivity index is 0.872. The van der Waals surface area contributed by atoms with Gasteiger partial charge in [-0.3, -0.25) is 4.98 Å². The number of esters is 2. The quantitative estimate of drug-likeness (QED) is 0.0940. The van der Waals surface area contributed by atoms with Crippen molar-refractivity contribution in [1.82, 2.24) is 4.98 Å². The number of methoxy groups -OCH3 is 2. The van der Waals surface area contributed by atoms with Gasteiger partial charge in [0.05, 0.1) is 53.7 Å². The summed E-state index contributed by atoms with van der Waals surface area (Å²) in [5.41, 5.74) is -6.17. The smallest absolute Gasteiger partial charge is 0.340 e. The number of hydrogen-bond donors (Lipinski definition) is 5. The lowest BCUT2D eigenvalue weighted by molar-refractivity contribution is -0.338. The van der Waals surface area contributed by atoms with E-state index in [0.717, 1.165) is 11.1 Å². The number of hydrogen-bond acceptors (Lipinski definition) is 18. The molecule has 6 fully saturated rings. The number of aliphatic hydroxyl groups excluding tert-OH is 2. The molecule has 1 aromatic heterocycles. The second-order valence-electron chi connectivity index (χ2n) is 22.3. The van der Waals surface area contributed by atoms with E-state index in [1.807, 2.05) is 50.3 Å². The Bertz CT molecular complexity index is 2330. The molecule has 1 aromatic carbocycles. The Labute approximate surface area is 433 Å². The van der Waals surface area contributed by atoms with Crippen molar-refractivity contribution in [2.24, 2.45) is 16.7 Å². The number of aromatic nitrogens is 1. The zero-order valence-corrected chi connectivity index (χ0v) is 43.8. The van der Waals surface area contributed by atoms with Crippen LogP contribution in [0.25, 0.3) is 6.08 Å². The van der Waals surface area contributed by atoms with Crippen molar-refractivity contribution in [2.75, 3.05) is 14.2 Å². The number of aliphatic hydroxyl groups is 5. The van der Waals surface area contributed by atoms with Crippen LogP contribution in [0.5, 0.6) is 0 Å². The lowest BCUT2D eigenvalue weighted by atomic mass is 9.42. The Morgan fingerprint density at radius 2 is 1.46 bits per heavy atom. The summed E-state index contributed by atoms with van der Waals surface area (Å²) in [6, 6.07) is 12.4. The van der Waals surface area contributed by atoms with Crippen LogP contribution in [0.15, 0.2) is 72.6 Å². The molecule has 18 heteroatoms. The van der Waals surface area contributed by atoms with Gasteiger partial charge < -0.3 is 72.9 Å². The highest BCUT2D eigenvalue weighted by molar-refractivity contribution is 5.89. The third-order valence-electron chi connectivity index (χ3n) is 18.4. The van der Waals surface area contributed by atoms with Crippen LogP contribution in [0.3, 0.4) is 0 Å². The molecule has 4 heterocycles. The molecule has 7 aliphatic rings. The highest BCUT2D eigenvalue weighted by Gasteiger charge is 2.81. The number of nitrogens with zero attached hydrogens (tertiary/aromatic N) is 1. The van der Waals surface area contributed by atoms with Crippen LogP contribution >= 0.6 is 0 Å². The largest absolute Gasteiger partial charge is 0.458 e. The molecule has 21 atom stereocenters. The molecular formula is C56H77NO17. The van der Waals surface area contributed by atoms with Crippen molar-refractivity contribution in [2.45, 2.75) is 215 Å². The van der Waals surface area contributed by atoms with Crippen LogP contribution in [0.1, 0.15) is 122 Å². The first kappa shape index (κ1) is 55.0. The summed E-state index contributed by atoms with van der Waals surface area (Å²) in [5.74, 6) is -2.03. The van der Waals surface area contributed by atoms with Crippen LogP contribution in [-0.4, -0.2) is 166 Å². The summed E-state index contributed by atoms with van der Waals surface area (Å²) in [5, 5.41) is 61.5. The van der Waals surface area contributed by atoms with Gasteiger partial charge in [0.1, 0.15) is 47.3 Å². The molecule has 0 bridgehead atoms. The minimum Gasteiger partial charge on any atom is -0.458 e. The van der Waals surface area contributed by atoms with Crippen molar-refractivity contribution in [3.05, 3.63) is 83.7 Å². The maximum atomic E-state index is 13.9. The Hall–Kier alpha value is -3.73. The highest BCUT2D eigenvalue weighted by Crippen LogP contribution is 2.71. The van der Waals surface area contributed by atoms with E-state index in [-0.39, 0.29) is 43.8 Å². The number of rotatable bonds is 14. The van der Waals surface area contributed by atoms with E-state index in [0.29, 0.717) is 32.1 Å². The molecule has 4 aliphatic carbocycles. The van der Waals surface area contributed by atoms with Gasteiger partial charge in [-0.15, -0.1) is 0 Å². The monoisotopic (exact) mass is 1040 g/mol. The fraction of sp³-hybridized carbons (Fsp3) is 0.696. The second kappa shape index (κ2) is 21.6. The minimum absolute atomic E-state index is 0.0508. The molecule has 0 spiro atoms. The fourth-order valence-corrected chi connectivity index (χ4v) is 14.0. The molecule has 0 amide bonds. The Morgan fingerprint density at radius 3 is 2.14 bits per heavy atom. The highest BCUT2D eigenvalue weighted by atomic mass is 16.7. The number of pyridine rings is 1. The van der Waals surface area contributed by atoms with Gasteiger partial charge in [0.15, 0.2) is 18.9 Å². The molecule has 0 radical (unpaired) electrons. The summed E-state index contributed by atoms with van der Waals surface area (Å²) >= 11 is 0. The molecule has 9 rings (SSSR count). The van der Waals surface area contributed by atoms with E-state index >= 15 is 0 Å². The lowest BCUT2D eigenvalue weighted by Gasteiger charge is -2.67. The van der Waals surface area contributed by atoms with Crippen LogP contribution < -0.4 is 0 Å². The standard InChI is InChI=1S/C56H77NO17/c1-31-48(60)40(65-7)27-46(67-31)74-50-33(3)69-47(28-41(50)66-8)73-49-32(2)68-45(26-39(49)58)71-38-19-20-52(5)37(25-38)18-21-55(63)42(52)29-43(72-44(59)17-16-35-13-10-9-11-14-35)53(6)54(62,22-23-56(53,55)64)34(4)70-51(61)36-15-12-24-57-30-36/h9-18,24,30-34,38-43,45-50,58,60,62-64H,19-23,25-29H2,1-8H3/b17-16+/t31-,32-,33-,34+,38+,39+,40-,41-,42-,43-,45+,46+,47+,48-,49-,50-,52+,53-,54-,55+,56-/m1/s1. The topological polar surface area (TPSA) is 240 Å². The van der Waals surface area contributed by atoms with Crippen LogP contribution in [0.4, 0.5) is 0 Å². The molecule has 5 N–H and O–H groups in total. The van der Waals surface area contributed by atoms with Crippen LogP contribution in [0, 0.1) is 16.7 Å². The summed E-state index contributed by atoms with van der Waals surface area (Å²) in [4.78, 5) is 31.3. The van der Waals surface area contributed by atoms with Crippen molar-refractivity contribution in [1.29, 1.82) is 0 Å². The Kier molecular flexibility index (Phi) is 16.1. The molecule has 0 unspecified atom stereocenters. The van der Waals surface area contributed by atoms with Gasteiger partial charge in [-0.25, -0.2) is 9.59 Å². The number of fused-ring (bicyclic) bond motifs is 5. The maximum Gasteiger partial charge on any atom is 0.340 e. The predicted molar refractivity (Wildman–Crippen MR) is 265 cm³/mol. The van der Waals surface area contributed by atoms with Gasteiger partial charge in [-0.2, -0.15) is 0 Å². The van der Waals surface area contributed by atoms with E-state index < -0.39 is 132 Å². The third kappa shape index (κ3) is 9.83. The van der Waals surface area contributed by atoms with Crippen LogP contribution in [-0.2, 0) is 52.2 Å².